The Hall–Kier alpha value is -0.520. The summed E-state index contributed by atoms with van der Waals surface area (Å²) in [4.78, 5) is 0. The maximum Gasteiger partial charge on any atom is -0.0230 e. The lowest BCUT2D eigenvalue weighted by Gasteiger charge is -2.17. The van der Waals surface area contributed by atoms with Gasteiger partial charge in [-0.25, -0.2) is 0 Å². The van der Waals surface area contributed by atoms with E-state index in [-0.39, 0.29) is 0 Å². The van der Waals surface area contributed by atoms with E-state index in [1.54, 1.807) is 0 Å². The van der Waals surface area contributed by atoms with E-state index in [1.807, 2.05) is 0 Å². The summed E-state index contributed by atoms with van der Waals surface area (Å²) in [5, 5.41) is 0. The second kappa shape index (κ2) is 7.84. The van der Waals surface area contributed by atoms with Crippen LogP contribution in [-0.2, 0) is 0 Å². The summed E-state index contributed by atoms with van der Waals surface area (Å²) < 4.78 is 0. The van der Waals surface area contributed by atoms with Crippen molar-refractivity contribution in [3.8, 4) is 0 Å². The molecular formula is C14H24. The first-order valence-corrected chi connectivity index (χ1v) is 6.27. The minimum Gasteiger partial charge on any atom is -0.0845 e. The second-order valence-electron chi connectivity index (χ2n) is 4.35. The molecule has 14 heavy (non-hydrogen) atoms. The zero-order valence-corrected chi connectivity index (χ0v) is 9.54. The summed E-state index contributed by atoms with van der Waals surface area (Å²) in [6, 6.07) is 0. The number of rotatable bonds is 5. The highest BCUT2D eigenvalue weighted by molar-refractivity contribution is 5.04. The molecular weight excluding hydrogens is 168 g/mol. The Balaban J connectivity index is 2.09. The van der Waals surface area contributed by atoms with Crippen molar-refractivity contribution in [3.63, 3.8) is 0 Å². The fraction of sp³-hybridized carbons (Fsp3) is 0.714. The molecule has 0 heteroatoms. The van der Waals surface area contributed by atoms with Gasteiger partial charge in [-0.3, -0.25) is 0 Å². The molecule has 0 aliphatic heterocycles. The van der Waals surface area contributed by atoms with Crippen LogP contribution in [0.2, 0.25) is 0 Å². The van der Waals surface area contributed by atoms with E-state index in [4.69, 9.17) is 0 Å². The fourth-order valence-electron chi connectivity index (χ4n) is 2.04. The number of unbranched alkanes of at least 4 members (excludes halogenated alkanes) is 2. The van der Waals surface area contributed by atoms with Crippen molar-refractivity contribution in [2.75, 3.05) is 0 Å². The van der Waals surface area contributed by atoms with Gasteiger partial charge in [-0.2, -0.15) is 0 Å². The minimum absolute atomic E-state index is 0.875. The summed E-state index contributed by atoms with van der Waals surface area (Å²) in [5.41, 5.74) is 0. The van der Waals surface area contributed by atoms with Crippen LogP contribution in [0.4, 0.5) is 0 Å². The van der Waals surface area contributed by atoms with Crippen LogP contribution in [-0.4, -0.2) is 0 Å². The lowest BCUT2D eigenvalue weighted by atomic mass is 9.89. The Labute approximate surface area is 89.1 Å². The molecule has 0 aromatic rings. The standard InChI is InChI=1S/C14H24/c1-2-3-4-5-6-8-11-14-12-9-7-10-13-14/h5-6,8,11,14H,2-4,7,9-10,12-13H2,1H3/b6-5+,11-8+. The molecule has 0 atom stereocenters. The maximum absolute atomic E-state index is 2.40. The van der Waals surface area contributed by atoms with Crippen molar-refractivity contribution < 1.29 is 0 Å². The van der Waals surface area contributed by atoms with Crippen molar-refractivity contribution in [2.24, 2.45) is 5.92 Å². The van der Waals surface area contributed by atoms with Gasteiger partial charge in [0, 0.05) is 0 Å². The van der Waals surface area contributed by atoms with Crippen LogP contribution in [0.1, 0.15) is 58.3 Å². The molecule has 0 radical (unpaired) electrons. The van der Waals surface area contributed by atoms with Crippen LogP contribution in [0.15, 0.2) is 24.3 Å². The van der Waals surface area contributed by atoms with E-state index in [0.29, 0.717) is 0 Å². The van der Waals surface area contributed by atoms with E-state index in [0.717, 1.165) is 5.92 Å². The predicted molar refractivity (Wildman–Crippen MR) is 64.4 cm³/mol. The highest BCUT2D eigenvalue weighted by Gasteiger charge is 2.08. The third-order valence-corrected chi connectivity index (χ3v) is 3.00. The highest BCUT2D eigenvalue weighted by atomic mass is 14.1. The molecule has 0 nitrogen and oxygen atoms in total. The van der Waals surface area contributed by atoms with Crippen molar-refractivity contribution in [3.05, 3.63) is 24.3 Å². The van der Waals surface area contributed by atoms with Crippen molar-refractivity contribution in [1.82, 2.24) is 0 Å². The molecule has 1 rings (SSSR count). The number of hydrogen-bond acceptors (Lipinski definition) is 0. The van der Waals surface area contributed by atoms with Gasteiger partial charge in [0.25, 0.3) is 0 Å². The van der Waals surface area contributed by atoms with Gasteiger partial charge in [0.15, 0.2) is 0 Å². The molecule has 80 valence electrons. The van der Waals surface area contributed by atoms with Crippen LogP contribution in [0.25, 0.3) is 0 Å². The number of hydrogen-bond donors (Lipinski definition) is 0. The van der Waals surface area contributed by atoms with Crippen molar-refractivity contribution in [1.29, 1.82) is 0 Å². The quantitative estimate of drug-likeness (QED) is 0.430. The molecule has 1 saturated carbocycles. The Morgan fingerprint density at radius 3 is 2.57 bits per heavy atom. The van der Waals surface area contributed by atoms with E-state index < -0.39 is 0 Å². The van der Waals surface area contributed by atoms with Gasteiger partial charge in [0.1, 0.15) is 0 Å². The summed E-state index contributed by atoms with van der Waals surface area (Å²) in [6.07, 6.45) is 20.2. The van der Waals surface area contributed by atoms with E-state index in [1.165, 1.54) is 51.4 Å². The smallest absolute Gasteiger partial charge is 0.0230 e. The monoisotopic (exact) mass is 192 g/mol. The van der Waals surface area contributed by atoms with E-state index in [9.17, 15) is 0 Å². The summed E-state index contributed by atoms with van der Waals surface area (Å²) in [7, 11) is 0. The lowest BCUT2D eigenvalue weighted by molar-refractivity contribution is 0.419. The van der Waals surface area contributed by atoms with E-state index >= 15 is 0 Å². The Bertz CT molecular complexity index is 170. The summed E-state index contributed by atoms with van der Waals surface area (Å²) in [5.74, 6) is 0.875. The lowest BCUT2D eigenvalue weighted by Crippen LogP contribution is -2.02. The Morgan fingerprint density at radius 1 is 1.07 bits per heavy atom. The highest BCUT2D eigenvalue weighted by Crippen LogP contribution is 2.24. The molecule has 1 aliphatic rings. The summed E-state index contributed by atoms with van der Waals surface area (Å²) in [6.45, 7) is 2.24. The van der Waals surface area contributed by atoms with Gasteiger partial charge in [-0.1, -0.05) is 63.3 Å². The molecule has 1 fully saturated rings. The zero-order chi connectivity index (χ0) is 10.1. The second-order valence-corrected chi connectivity index (χ2v) is 4.35. The van der Waals surface area contributed by atoms with Crippen LogP contribution >= 0.6 is 0 Å². The molecule has 0 aromatic carbocycles. The van der Waals surface area contributed by atoms with Crippen LogP contribution in [0.3, 0.4) is 0 Å². The zero-order valence-electron chi connectivity index (χ0n) is 9.54. The van der Waals surface area contributed by atoms with E-state index in [2.05, 4.69) is 31.2 Å². The molecule has 1 aliphatic carbocycles. The van der Waals surface area contributed by atoms with Gasteiger partial charge in [0.05, 0.1) is 0 Å². The molecule has 0 aromatic heterocycles. The first-order valence-electron chi connectivity index (χ1n) is 6.27. The predicted octanol–water partition coefficient (Wildman–Crippen LogP) is 4.87. The van der Waals surface area contributed by atoms with Gasteiger partial charge < -0.3 is 0 Å². The normalized spacial score (nSPS) is 19.8. The van der Waals surface area contributed by atoms with Crippen LogP contribution in [0.5, 0.6) is 0 Å². The van der Waals surface area contributed by atoms with Crippen molar-refractivity contribution >= 4 is 0 Å². The average molecular weight is 192 g/mol. The number of allylic oxidation sites excluding steroid dienone is 4. The molecule has 0 heterocycles. The van der Waals surface area contributed by atoms with Crippen LogP contribution in [0, 0.1) is 5.92 Å². The third-order valence-electron chi connectivity index (χ3n) is 3.00. The topological polar surface area (TPSA) is 0 Å². The average Bonchev–Trinajstić information content (AvgIpc) is 2.25. The van der Waals surface area contributed by atoms with Crippen LogP contribution < -0.4 is 0 Å². The SMILES string of the molecule is CCCC/C=C/C=C/C1CCCCC1. The molecule has 0 amide bonds. The first-order chi connectivity index (χ1) is 6.93. The third kappa shape index (κ3) is 5.26. The largest absolute Gasteiger partial charge is 0.0845 e. The van der Waals surface area contributed by atoms with Gasteiger partial charge >= 0.3 is 0 Å². The van der Waals surface area contributed by atoms with Gasteiger partial charge in [-0.15, -0.1) is 0 Å². The molecule has 0 bridgehead atoms. The fourth-order valence-corrected chi connectivity index (χ4v) is 2.04. The van der Waals surface area contributed by atoms with Crippen molar-refractivity contribution in [2.45, 2.75) is 58.3 Å². The maximum atomic E-state index is 2.40. The first kappa shape index (κ1) is 11.6. The Kier molecular flexibility index (Phi) is 6.47. The summed E-state index contributed by atoms with van der Waals surface area (Å²) >= 11 is 0. The minimum atomic E-state index is 0.875. The molecule has 0 N–H and O–H groups in total. The molecule has 0 spiro atoms. The molecule has 0 saturated heterocycles. The molecule has 0 unspecified atom stereocenters. The van der Waals surface area contributed by atoms with Gasteiger partial charge in [0.2, 0.25) is 0 Å². The van der Waals surface area contributed by atoms with Gasteiger partial charge in [-0.05, 0) is 25.2 Å². The Morgan fingerprint density at radius 2 is 1.86 bits per heavy atom.